The molecule has 60 valence electrons. The van der Waals surface area contributed by atoms with Crippen molar-refractivity contribution in [2.45, 2.75) is 6.42 Å². The first kappa shape index (κ1) is 11.9. The zero-order valence-corrected chi connectivity index (χ0v) is 5.65. The van der Waals surface area contributed by atoms with Crippen molar-refractivity contribution in [2.24, 2.45) is 0 Å². The molecule has 0 atom stereocenters. The molecular weight excluding hydrogens is 150 g/mol. The van der Waals surface area contributed by atoms with Crippen LogP contribution in [-0.2, 0) is 9.59 Å². The second kappa shape index (κ2) is 8.17. The number of rotatable bonds is 2. The smallest absolute Gasteiger partial charge is 0.327 e. The van der Waals surface area contributed by atoms with E-state index in [2.05, 4.69) is 6.58 Å². The van der Waals surface area contributed by atoms with Gasteiger partial charge in [0.1, 0.15) is 6.42 Å². The van der Waals surface area contributed by atoms with Crippen LogP contribution in [0.2, 0.25) is 0 Å². The summed E-state index contributed by atoms with van der Waals surface area (Å²) in [5.74, 6) is -2.05. The van der Waals surface area contributed by atoms with Crippen molar-refractivity contribution in [3.05, 3.63) is 12.7 Å². The molecule has 0 unspecified atom stereocenters. The molecule has 0 aliphatic rings. The molecule has 11 heavy (non-hydrogen) atoms. The Labute approximate surface area is 63.2 Å². The van der Waals surface area contributed by atoms with Crippen LogP contribution in [0.25, 0.3) is 0 Å². The van der Waals surface area contributed by atoms with Gasteiger partial charge in [0.25, 0.3) is 0 Å². The quantitative estimate of drug-likeness (QED) is 0.559. The molecule has 0 aromatic carbocycles. The summed E-state index contributed by atoms with van der Waals surface area (Å²) in [6.07, 6.45) is 0.431. The predicted molar refractivity (Wildman–Crippen MR) is 35.7 cm³/mol. The van der Waals surface area contributed by atoms with E-state index in [-0.39, 0.29) is 0 Å². The molecule has 5 nitrogen and oxygen atoms in total. The maximum atomic E-state index is 9.38. The van der Waals surface area contributed by atoms with Gasteiger partial charge in [-0.25, -0.2) is 4.79 Å². The van der Waals surface area contributed by atoms with Crippen molar-refractivity contribution in [3.8, 4) is 6.07 Å². The van der Waals surface area contributed by atoms with Gasteiger partial charge in [-0.1, -0.05) is 6.58 Å². The van der Waals surface area contributed by atoms with Crippen molar-refractivity contribution in [3.63, 3.8) is 0 Å². The minimum Gasteiger partial charge on any atom is -0.480 e. The highest BCUT2D eigenvalue weighted by atomic mass is 16.4. The zero-order valence-electron chi connectivity index (χ0n) is 5.65. The number of carboxylic acid groups (broad SMARTS) is 2. The van der Waals surface area contributed by atoms with Crippen LogP contribution < -0.4 is 0 Å². The largest absolute Gasteiger partial charge is 0.480 e. The van der Waals surface area contributed by atoms with E-state index in [1.807, 2.05) is 0 Å². The summed E-state index contributed by atoms with van der Waals surface area (Å²) in [5.41, 5.74) is 0. The summed E-state index contributed by atoms with van der Waals surface area (Å²) in [4.78, 5) is 18.6. The highest BCUT2D eigenvalue weighted by Gasteiger charge is 1.87. The molecule has 0 saturated carbocycles. The normalized spacial score (nSPS) is 6.45. The molecule has 0 radical (unpaired) electrons. The van der Waals surface area contributed by atoms with Crippen LogP contribution in [0.5, 0.6) is 0 Å². The zero-order chi connectivity index (χ0) is 9.28. The van der Waals surface area contributed by atoms with E-state index in [0.29, 0.717) is 0 Å². The SMILES string of the molecule is C=CC(=O)O.N#CCC(=O)O. The van der Waals surface area contributed by atoms with Gasteiger partial charge < -0.3 is 10.2 Å². The van der Waals surface area contributed by atoms with E-state index < -0.39 is 18.4 Å². The van der Waals surface area contributed by atoms with Crippen LogP contribution in [0.15, 0.2) is 12.7 Å². The fraction of sp³-hybridized carbons (Fsp3) is 0.167. The maximum absolute atomic E-state index is 9.38. The Morgan fingerprint density at radius 2 is 1.91 bits per heavy atom. The number of nitrogens with zero attached hydrogens (tertiary/aromatic N) is 1. The molecule has 0 aromatic rings. The predicted octanol–water partition coefficient (Wildman–Crippen LogP) is 0.242. The third-order valence-corrected chi connectivity index (χ3v) is 0.405. The molecule has 0 saturated heterocycles. The number of hydrogen-bond acceptors (Lipinski definition) is 3. The Balaban J connectivity index is 0. The molecule has 0 bridgehead atoms. The van der Waals surface area contributed by atoms with E-state index in [9.17, 15) is 9.59 Å². The molecule has 0 fully saturated rings. The molecule has 0 amide bonds. The van der Waals surface area contributed by atoms with Gasteiger partial charge in [0.05, 0.1) is 6.07 Å². The number of nitriles is 1. The Morgan fingerprint density at radius 3 is 1.91 bits per heavy atom. The van der Waals surface area contributed by atoms with Gasteiger partial charge in [-0.3, -0.25) is 4.79 Å². The molecule has 0 rings (SSSR count). The average Bonchev–Trinajstić information content (AvgIpc) is 1.89. The van der Waals surface area contributed by atoms with Crippen LogP contribution in [0.1, 0.15) is 6.42 Å². The molecule has 0 spiro atoms. The Bertz CT molecular complexity index is 191. The summed E-state index contributed by atoms with van der Waals surface area (Å²) in [6.45, 7) is 2.96. The lowest BCUT2D eigenvalue weighted by Gasteiger charge is -1.70. The third-order valence-electron chi connectivity index (χ3n) is 0.405. The molecule has 2 N–H and O–H groups in total. The van der Waals surface area contributed by atoms with Gasteiger partial charge in [-0.05, 0) is 0 Å². The van der Waals surface area contributed by atoms with Gasteiger partial charge in [0.2, 0.25) is 0 Å². The molecular formula is C6H7NO4. The first-order chi connectivity index (χ1) is 5.04. The van der Waals surface area contributed by atoms with Crippen LogP contribution in [0, 0.1) is 11.3 Å². The summed E-state index contributed by atoms with van der Waals surface area (Å²) < 4.78 is 0. The summed E-state index contributed by atoms with van der Waals surface area (Å²) in [5, 5.41) is 22.9. The summed E-state index contributed by atoms with van der Waals surface area (Å²) >= 11 is 0. The average molecular weight is 157 g/mol. The fourth-order valence-electron chi connectivity index (χ4n) is 0.0676. The Kier molecular flexibility index (Phi) is 8.84. The fourth-order valence-corrected chi connectivity index (χ4v) is 0.0676. The van der Waals surface area contributed by atoms with Crippen molar-refractivity contribution in [2.75, 3.05) is 0 Å². The molecule has 0 aliphatic heterocycles. The van der Waals surface area contributed by atoms with E-state index in [4.69, 9.17) is 15.5 Å². The summed E-state index contributed by atoms with van der Waals surface area (Å²) in [7, 11) is 0. The highest BCUT2D eigenvalue weighted by molar-refractivity contribution is 5.78. The highest BCUT2D eigenvalue weighted by Crippen LogP contribution is 1.68. The van der Waals surface area contributed by atoms with Gasteiger partial charge in [-0.15, -0.1) is 0 Å². The number of hydrogen-bond donors (Lipinski definition) is 2. The van der Waals surface area contributed by atoms with Crippen molar-refractivity contribution in [1.29, 1.82) is 5.26 Å². The van der Waals surface area contributed by atoms with Gasteiger partial charge in [0.15, 0.2) is 0 Å². The number of carbonyl (C=O) groups is 2. The van der Waals surface area contributed by atoms with Crippen molar-refractivity contribution >= 4 is 11.9 Å². The minimum absolute atomic E-state index is 0.403. The lowest BCUT2D eigenvalue weighted by Crippen LogP contribution is -1.88. The van der Waals surface area contributed by atoms with Crippen molar-refractivity contribution < 1.29 is 19.8 Å². The van der Waals surface area contributed by atoms with E-state index in [1.165, 1.54) is 6.07 Å². The monoisotopic (exact) mass is 157 g/mol. The topological polar surface area (TPSA) is 98.4 Å². The molecule has 0 aliphatic carbocycles. The molecule has 5 heteroatoms. The van der Waals surface area contributed by atoms with Gasteiger partial charge in [0, 0.05) is 6.08 Å². The Morgan fingerprint density at radius 1 is 1.55 bits per heavy atom. The molecule has 0 heterocycles. The first-order valence-corrected chi connectivity index (χ1v) is 2.48. The number of aliphatic carboxylic acids is 2. The lowest BCUT2D eigenvalue weighted by atomic mass is 10.5. The number of carboxylic acids is 2. The van der Waals surface area contributed by atoms with Crippen molar-refractivity contribution in [1.82, 2.24) is 0 Å². The van der Waals surface area contributed by atoms with Gasteiger partial charge >= 0.3 is 11.9 Å². The second-order valence-electron chi connectivity index (χ2n) is 1.27. The first-order valence-electron chi connectivity index (χ1n) is 2.48. The lowest BCUT2D eigenvalue weighted by molar-refractivity contribution is -0.136. The van der Waals surface area contributed by atoms with Crippen LogP contribution >= 0.6 is 0 Å². The van der Waals surface area contributed by atoms with Crippen LogP contribution in [0.3, 0.4) is 0 Å². The minimum atomic E-state index is -1.07. The maximum Gasteiger partial charge on any atom is 0.327 e. The van der Waals surface area contributed by atoms with Gasteiger partial charge in [-0.2, -0.15) is 5.26 Å². The van der Waals surface area contributed by atoms with Crippen LogP contribution in [0.4, 0.5) is 0 Å². The Hall–Kier alpha value is -1.83. The second-order valence-corrected chi connectivity index (χ2v) is 1.27. The van der Waals surface area contributed by atoms with E-state index in [1.54, 1.807) is 0 Å². The third kappa shape index (κ3) is 31.0. The van der Waals surface area contributed by atoms with E-state index >= 15 is 0 Å². The van der Waals surface area contributed by atoms with Crippen LogP contribution in [-0.4, -0.2) is 22.2 Å². The standard InChI is InChI=1S/C3H3NO2.C3H4O2/c4-2-1-3(5)6;1-2-3(4)5/h1H2,(H,5,6);2H,1H2,(H,4,5). The summed E-state index contributed by atoms with van der Waals surface area (Å²) in [6, 6.07) is 1.47. The molecule has 0 aromatic heterocycles. The van der Waals surface area contributed by atoms with E-state index in [0.717, 1.165) is 6.08 Å².